The van der Waals surface area contributed by atoms with Gasteiger partial charge in [-0.2, -0.15) is 0 Å². The van der Waals surface area contributed by atoms with Gasteiger partial charge in [-0.15, -0.1) is 0 Å². The van der Waals surface area contributed by atoms with E-state index in [0.29, 0.717) is 11.5 Å². The maximum Gasteiger partial charge on any atom is 0.235 e. The first kappa shape index (κ1) is 15.8. The zero-order valence-corrected chi connectivity index (χ0v) is 11.2. The molecule has 7 heteroatoms. The number of hydrogen-bond acceptors (Lipinski definition) is 6. The molecule has 0 aromatic rings. The van der Waals surface area contributed by atoms with Crippen LogP contribution in [0.15, 0.2) is 0 Å². The van der Waals surface area contributed by atoms with Gasteiger partial charge in [0.15, 0.2) is 0 Å². The van der Waals surface area contributed by atoms with Crippen molar-refractivity contribution in [3.63, 3.8) is 0 Å². The van der Waals surface area contributed by atoms with E-state index >= 15 is 0 Å². The summed E-state index contributed by atoms with van der Waals surface area (Å²) in [7, 11) is 4.79. The Balaban J connectivity index is 3.67. The number of Topliss-reactive ketones (excluding diaryl/α,β-unsaturated/α-hetero) is 1. The number of rotatable bonds is 9. The Kier molecular flexibility index (Phi) is 8.73. The Labute approximate surface area is 104 Å². The fraction of sp³-hybridized carbons (Fsp3) is 0.778. The molecule has 0 rings (SSSR count). The normalized spacial score (nSPS) is 14.4. The van der Waals surface area contributed by atoms with Gasteiger partial charge in [-0.05, 0) is 7.05 Å². The molecule has 1 amide bonds. The quantitative estimate of drug-likeness (QED) is 0.388. The summed E-state index contributed by atoms with van der Waals surface area (Å²) in [6.07, 6.45) is 0. The molecule has 0 spiro atoms. The molecule has 0 saturated heterocycles. The van der Waals surface area contributed by atoms with Crippen molar-refractivity contribution in [2.45, 2.75) is 13.0 Å². The summed E-state index contributed by atoms with van der Waals surface area (Å²) in [5.41, 5.74) is 10.4. The van der Waals surface area contributed by atoms with E-state index < -0.39 is 0 Å². The Morgan fingerprint density at radius 2 is 1.88 bits per heavy atom. The minimum atomic E-state index is -0.360. The van der Waals surface area contributed by atoms with Crippen LogP contribution in [0.4, 0.5) is 0 Å². The molecule has 0 aromatic carbocycles. The lowest BCUT2D eigenvalue weighted by Gasteiger charge is -2.12. The number of ketones is 1. The molecule has 0 fully saturated rings. The maximum absolute atomic E-state index is 11.2. The Bertz CT molecular complexity index is 239. The number of carbonyl (C=O) groups is 2. The molecule has 0 aliphatic rings. The predicted molar refractivity (Wildman–Crippen MR) is 70.2 cm³/mol. The monoisotopic (exact) mass is 265 g/mol. The van der Waals surface area contributed by atoms with Gasteiger partial charge >= 0.3 is 0 Å². The number of primary amides is 1. The molecule has 5 N–H and O–H groups in total. The molecule has 5 nitrogen and oxygen atoms in total. The minimum Gasteiger partial charge on any atom is -0.368 e. The van der Waals surface area contributed by atoms with Gasteiger partial charge in [0.1, 0.15) is 5.78 Å². The second kappa shape index (κ2) is 8.86. The molecule has 0 bridgehead atoms. The Hall–Kier alpha value is -0.240. The standard InChI is InChI=1S/C9H19N3O2S2/c1-6(8(13)3-10)4-15-16-5-7(12-2)9(11)14/h6-7,12H,3-5,10H2,1-2H3,(H2,11,14)/t6-,7-/m0/s1. The lowest BCUT2D eigenvalue weighted by Crippen LogP contribution is -2.40. The molecule has 16 heavy (non-hydrogen) atoms. The third-order valence-electron chi connectivity index (χ3n) is 2.08. The van der Waals surface area contributed by atoms with Crippen molar-refractivity contribution in [1.29, 1.82) is 0 Å². The van der Waals surface area contributed by atoms with E-state index in [1.807, 2.05) is 6.92 Å². The molecule has 0 aliphatic heterocycles. The Morgan fingerprint density at radius 3 is 2.31 bits per heavy atom. The van der Waals surface area contributed by atoms with Crippen LogP contribution < -0.4 is 16.8 Å². The molecule has 0 aromatic heterocycles. The zero-order valence-electron chi connectivity index (χ0n) is 9.56. The molecule has 94 valence electrons. The van der Waals surface area contributed by atoms with Gasteiger partial charge in [0.05, 0.1) is 12.6 Å². The van der Waals surface area contributed by atoms with Gasteiger partial charge in [-0.25, -0.2) is 0 Å². The minimum absolute atomic E-state index is 0.0379. The molecular weight excluding hydrogens is 246 g/mol. The van der Waals surface area contributed by atoms with Crippen LogP contribution in [-0.4, -0.2) is 42.8 Å². The zero-order chi connectivity index (χ0) is 12.6. The highest BCUT2D eigenvalue weighted by Crippen LogP contribution is 2.24. The van der Waals surface area contributed by atoms with E-state index in [2.05, 4.69) is 5.32 Å². The molecule has 0 unspecified atom stereocenters. The molecule has 2 atom stereocenters. The average molecular weight is 265 g/mol. The molecule has 0 aliphatic carbocycles. The smallest absolute Gasteiger partial charge is 0.235 e. The first-order valence-electron chi connectivity index (χ1n) is 4.96. The molecule has 0 heterocycles. The van der Waals surface area contributed by atoms with Crippen LogP contribution in [0, 0.1) is 5.92 Å². The third-order valence-corrected chi connectivity index (χ3v) is 4.67. The largest absolute Gasteiger partial charge is 0.368 e. The average Bonchev–Trinajstić information content (AvgIpc) is 2.27. The second-order valence-electron chi connectivity index (χ2n) is 3.38. The predicted octanol–water partition coefficient (Wildman–Crippen LogP) is -0.395. The second-order valence-corrected chi connectivity index (χ2v) is 5.94. The SMILES string of the molecule is CN[C@@H](CSSC[C@H](C)C(=O)CN)C(N)=O. The van der Waals surface area contributed by atoms with Crippen LogP contribution in [0.1, 0.15) is 6.92 Å². The fourth-order valence-corrected chi connectivity index (χ4v) is 3.52. The van der Waals surface area contributed by atoms with E-state index in [0.717, 1.165) is 0 Å². The summed E-state index contributed by atoms with van der Waals surface area (Å²) < 4.78 is 0. The number of nitrogens with two attached hydrogens (primary N) is 2. The van der Waals surface area contributed by atoms with Crippen molar-refractivity contribution in [1.82, 2.24) is 5.32 Å². The fourth-order valence-electron chi connectivity index (χ4n) is 0.868. The lowest BCUT2D eigenvalue weighted by molar-refractivity contribution is -0.120. The highest BCUT2D eigenvalue weighted by atomic mass is 33.1. The highest BCUT2D eigenvalue weighted by Gasteiger charge is 2.14. The summed E-state index contributed by atoms with van der Waals surface area (Å²) in [6, 6.07) is -0.321. The number of hydrogen-bond donors (Lipinski definition) is 3. The van der Waals surface area contributed by atoms with Crippen LogP contribution in [0.25, 0.3) is 0 Å². The summed E-state index contributed by atoms with van der Waals surface area (Å²) >= 11 is 0. The molecular formula is C9H19N3O2S2. The first-order valence-corrected chi connectivity index (χ1v) is 7.45. The van der Waals surface area contributed by atoms with Gasteiger partial charge in [-0.3, -0.25) is 9.59 Å². The van der Waals surface area contributed by atoms with Crippen molar-refractivity contribution in [2.24, 2.45) is 17.4 Å². The van der Waals surface area contributed by atoms with Gasteiger partial charge in [-0.1, -0.05) is 28.5 Å². The third kappa shape index (κ3) is 6.37. The summed E-state index contributed by atoms with van der Waals surface area (Å²) in [6.45, 7) is 1.94. The maximum atomic E-state index is 11.2. The first-order chi connectivity index (χ1) is 7.52. The van der Waals surface area contributed by atoms with Gasteiger partial charge in [0.25, 0.3) is 0 Å². The number of likely N-dealkylation sites (N-methyl/N-ethyl adjacent to an activating group) is 1. The summed E-state index contributed by atoms with van der Waals surface area (Å²) in [5.74, 6) is 0.967. The van der Waals surface area contributed by atoms with E-state index in [-0.39, 0.29) is 30.2 Å². The van der Waals surface area contributed by atoms with Crippen molar-refractivity contribution in [3.05, 3.63) is 0 Å². The van der Waals surface area contributed by atoms with E-state index in [1.54, 1.807) is 17.8 Å². The number of nitrogens with one attached hydrogen (secondary N) is 1. The van der Waals surface area contributed by atoms with E-state index in [4.69, 9.17) is 11.5 Å². The molecule has 0 radical (unpaired) electrons. The highest BCUT2D eigenvalue weighted by molar-refractivity contribution is 8.76. The topological polar surface area (TPSA) is 98.2 Å². The van der Waals surface area contributed by atoms with Gasteiger partial charge in [0, 0.05) is 17.4 Å². The van der Waals surface area contributed by atoms with Crippen molar-refractivity contribution < 1.29 is 9.59 Å². The number of carbonyl (C=O) groups excluding carboxylic acids is 2. The van der Waals surface area contributed by atoms with Gasteiger partial charge < -0.3 is 16.8 Å². The van der Waals surface area contributed by atoms with Crippen LogP contribution in [0.5, 0.6) is 0 Å². The lowest BCUT2D eigenvalue weighted by atomic mass is 10.1. The van der Waals surface area contributed by atoms with E-state index in [1.165, 1.54) is 10.8 Å². The Morgan fingerprint density at radius 1 is 1.31 bits per heavy atom. The van der Waals surface area contributed by atoms with Crippen molar-refractivity contribution in [3.8, 4) is 0 Å². The van der Waals surface area contributed by atoms with Crippen LogP contribution in [0.3, 0.4) is 0 Å². The summed E-state index contributed by atoms with van der Waals surface area (Å²) in [5, 5.41) is 2.83. The summed E-state index contributed by atoms with van der Waals surface area (Å²) in [4.78, 5) is 22.0. The number of amides is 1. The van der Waals surface area contributed by atoms with Crippen LogP contribution in [0.2, 0.25) is 0 Å². The van der Waals surface area contributed by atoms with E-state index in [9.17, 15) is 9.59 Å². The van der Waals surface area contributed by atoms with Gasteiger partial charge in [0.2, 0.25) is 5.91 Å². The van der Waals surface area contributed by atoms with Crippen molar-refractivity contribution >= 4 is 33.3 Å². The molecule has 0 saturated carbocycles. The van der Waals surface area contributed by atoms with Crippen LogP contribution in [-0.2, 0) is 9.59 Å². The van der Waals surface area contributed by atoms with Crippen molar-refractivity contribution in [2.75, 3.05) is 25.1 Å². The van der Waals surface area contributed by atoms with Crippen LogP contribution >= 0.6 is 21.6 Å².